The maximum Gasteiger partial charge on any atom is 0.223 e. The molecule has 0 aliphatic carbocycles. The standard InChI is InChI=1S/C13H16N2O3/c1-9-12(8-16)13(15(2)14-9)18-11-6-4-10(17-3)5-7-11/h4-7,16H,8H2,1-3H3. The number of methoxy groups -OCH3 is 1. The maximum absolute atomic E-state index is 9.32. The van der Waals surface area contributed by atoms with Crippen LogP contribution in [0.2, 0.25) is 0 Å². The molecule has 5 heteroatoms. The van der Waals surface area contributed by atoms with Crippen molar-refractivity contribution in [3.63, 3.8) is 0 Å². The van der Waals surface area contributed by atoms with Crippen LogP contribution in [0.1, 0.15) is 11.3 Å². The van der Waals surface area contributed by atoms with E-state index in [0.717, 1.165) is 11.4 Å². The third kappa shape index (κ3) is 2.31. The van der Waals surface area contributed by atoms with E-state index in [4.69, 9.17) is 9.47 Å². The monoisotopic (exact) mass is 248 g/mol. The Morgan fingerprint density at radius 1 is 1.22 bits per heavy atom. The van der Waals surface area contributed by atoms with Crippen molar-refractivity contribution >= 4 is 0 Å². The van der Waals surface area contributed by atoms with Crippen LogP contribution >= 0.6 is 0 Å². The van der Waals surface area contributed by atoms with Crippen LogP contribution in [0.4, 0.5) is 0 Å². The van der Waals surface area contributed by atoms with Gasteiger partial charge in [-0.2, -0.15) is 5.10 Å². The highest BCUT2D eigenvalue weighted by Gasteiger charge is 2.14. The molecule has 1 aromatic carbocycles. The minimum absolute atomic E-state index is 0.0921. The average molecular weight is 248 g/mol. The summed E-state index contributed by atoms with van der Waals surface area (Å²) >= 11 is 0. The van der Waals surface area contributed by atoms with Gasteiger partial charge in [-0.3, -0.25) is 0 Å². The summed E-state index contributed by atoms with van der Waals surface area (Å²) in [5.74, 6) is 2.00. The molecule has 0 bridgehead atoms. The van der Waals surface area contributed by atoms with E-state index in [2.05, 4.69) is 5.10 Å². The highest BCUT2D eigenvalue weighted by molar-refractivity contribution is 5.37. The van der Waals surface area contributed by atoms with Crippen molar-refractivity contribution in [2.45, 2.75) is 13.5 Å². The SMILES string of the molecule is COc1ccc(Oc2c(CO)c(C)nn2C)cc1. The predicted molar refractivity (Wildman–Crippen MR) is 66.9 cm³/mol. The summed E-state index contributed by atoms with van der Waals surface area (Å²) in [6, 6.07) is 7.25. The van der Waals surface area contributed by atoms with Gasteiger partial charge in [0.2, 0.25) is 5.88 Å². The fraction of sp³-hybridized carbons (Fsp3) is 0.308. The van der Waals surface area contributed by atoms with E-state index in [1.54, 1.807) is 18.8 Å². The van der Waals surface area contributed by atoms with E-state index in [1.807, 2.05) is 31.2 Å². The van der Waals surface area contributed by atoms with Gasteiger partial charge in [0.15, 0.2) is 0 Å². The number of aliphatic hydroxyl groups excluding tert-OH is 1. The second-order valence-corrected chi connectivity index (χ2v) is 3.93. The molecule has 0 spiro atoms. The van der Waals surface area contributed by atoms with E-state index in [-0.39, 0.29) is 6.61 Å². The number of ether oxygens (including phenoxy) is 2. The Balaban J connectivity index is 2.27. The summed E-state index contributed by atoms with van der Waals surface area (Å²) in [7, 11) is 3.40. The number of rotatable bonds is 4. The molecule has 1 aromatic heterocycles. The van der Waals surface area contributed by atoms with E-state index in [0.29, 0.717) is 17.2 Å². The Hall–Kier alpha value is -2.01. The highest BCUT2D eigenvalue weighted by Crippen LogP contribution is 2.28. The van der Waals surface area contributed by atoms with Gasteiger partial charge in [-0.1, -0.05) is 0 Å². The number of benzene rings is 1. The van der Waals surface area contributed by atoms with Gasteiger partial charge in [-0.05, 0) is 31.2 Å². The zero-order valence-electron chi connectivity index (χ0n) is 10.7. The number of hydrogen-bond donors (Lipinski definition) is 1. The van der Waals surface area contributed by atoms with Crippen molar-refractivity contribution in [2.24, 2.45) is 7.05 Å². The number of aryl methyl sites for hydroxylation is 2. The smallest absolute Gasteiger partial charge is 0.223 e. The molecule has 0 saturated carbocycles. The fourth-order valence-electron chi connectivity index (χ4n) is 1.75. The molecule has 0 unspecified atom stereocenters. The lowest BCUT2D eigenvalue weighted by atomic mass is 10.2. The summed E-state index contributed by atoms with van der Waals surface area (Å²) in [6.07, 6.45) is 0. The van der Waals surface area contributed by atoms with Crippen LogP contribution in [0.25, 0.3) is 0 Å². The molecule has 2 rings (SSSR count). The topological polar surface area (TPSA) is 56.5 Å². The van der Waals surface area contributed by atoms with E-state index < -0.39 is 0 Å². The van der Waals surface area contributed by atoms with Crippen molar-refractivity contribution in [3.8, 4) is 17.4 Å². The van der Waals surface area contributed by atoms with Crippen LogP contribution in [0.5, 0.6) is 17.4 Å². The van der Waals surface area contributed by atoms with Crippen LogP contribution < -0.4 is 9.47 Å². The molecule has 18 heavy (non-hydrogen) atoms. The molecular weight excluding hydrogens is 232 g/mol. The van der Waals surface area contributed by atoms with Gasteiger partial charge in [-0.15, -0.1) is 0 Å². The van der Waals surface area contributed by atoms with Gasteiger partial charge in [-0.25, -0.2) is 4.68 Å². The third-order valence-corrected chi connectivity index (χ3v) is 2.72. The Bertz CT molecular complexity index is 532. The molecule has 1 N–H and O–H groups in total. The van der Waals surface area contributed by atoms with Gasteiger partial charge in [0.1, 0.15) is 11.5 Å². The number of aromatic nitrogens is 2. The molecule has 0 fully saturated rings. The lowest BCUT2D eigenvalue weighted by Gasteiger charge is -2.08. The van der Waals surface area contributed by atoms with E-state index >= 15 is 0 Å². The molecule has 0 amide bonds. The first-order valence-corrected chi connectivity index (χ1v) is 5.61. The molecule has 1 heterocycles. The lowest BCUT2D eigenvalue weighted by Crippen LogP contribution is -1.97. The van der Waals surface area contributed by atoms with Crippen LogP contribution in [0.15, 0.2) is 24.3 Å². The van der Waals surface area contributed by atoms with E-state index in [1.165, 1.54) is 0 Å². The number of aliphatic hydroxyl groups is 1. The Morgan fingerprint density at radius 3 is 2.39 bits per heavy atom. The van der Waals surface area contributed by atoms with Gasteiger partial charge in [0.05, 0.1) is 25.0 Å². The number of hydrogen-bond acceptors (Lipinski definition) is 4. The summed E-state index contributed by atoms with van der Waals surface area (Å²) < 4.78 is 12.4. The van der Waals surface area contributed by atoms with Crippen LogP contribution in [0.3, 0.4) is 0 Å². The summed E-state index contributed by atoms with van der Waals surface area (Å²) in [5.41, 5.74) is 1.47. The minimum atomic E-state index is -0.0921. The first kappa shape index (κ1) is 12.4. The maximum atomic E-state index is 9.32. The Kier molecular flexibility index (Phi) is 3.53. The highest BCUT2D eigenvalue weighted by atomic mass is 16.5. The summed E-state index contributed by atoms with van der Waals surface area (Å²) in [5, 5.41) is 13.5. The molecule has 0 atom stereocenters. The molecule has 5 nitrogen and oxygen atoms in total. The van der Waals surface area contributed by atoms with E-state index in [9.17, 15) is 5.11 Å². The van der Waals surface area contributed by atoms with Crippen LogP contribution in [-0.4, -0.2) is 22.0 Å². The van der Waals surface area contributed by atoms with Crippen LogP contribution in [0, 0.1) is 6.92 Å². The molecule has 0 radical (unpaired) electrons. The molecular formula is C13H16N2O3. The lowest BCUT2D eigenvalue weighted by molar-refractivity contribution is 0.274. The number of nitrogens with zero attached hydrogens (tertiary/aromatic N) is 2. The molecule has 0 aliphatic rings. The van der Waals surface area contributed by atoms with Gasteiger partial charge in [0.25, 0.3) is 0 Å². The zero-order chi connectivity index (χ0) is 13.1. The van der Waals surface area contributed by atoms with Crippen molar-refractivity contribution in [1.29, 1.82) is 0 Å². The second-order valence-electron chi connectivity index (χ2n) is 3.93. The third-order valence-electron chi connectivity index (χ3n) is 2.72. The van der Waals surface area contributed by atoms with Crippen LogP contribution in [-0.2, 0) is 13.7 Å². The molecule has 0 aliphatic heterocycles. The average Bonchev–Trinajstić information content (AvgIpc) is 2.64. The predicted octanol–water partition coefficient (Wildman–Crippen LogP) is 2.02. The van der Waals surface area contributed by atoms with Gasteiger partial charge in [0, 0.05) is 7.05 Å². The van der Waals surface area contributed by atoms with Crippen molar-refractivity contribution in [2.75, 3.05) is 7.11 Å². The first-order valence-electron chi connectivity index (χ1n) is 5.61. The Labute approximate surface area is 106 Å². The summed E-state index contributed by atoms with van der Waals surface area (Å²) in [4.78, 5) is 0. The second kappa shape index (κ2) is 5.10. The normalized spacial score (nSPS) is 10.4. The minimum Gasteiger partial charge on any atom is -0.497 e. The van der Waals surface area contributed by atoms with Crippen molar-refractivity contribution in [1.82, 2.24) is 9.78 Å². The Morgan fingerprint density at radius 2 is 1.83 bits per heavy atom. The molecule has 2 aromatic rings. The van der Waals surface area contributed by atoms with Crippen molar-refractivity contribution in [3.05, 3.63) is 35.5 Å². The zero-order valence-corrected chi connectivity index (χ0v) is 10.7. The van der Waals surface area contributed by atoms with Gasteiger partial charge >= 0.3 is 0 Å². The summed E-state index contributed by atoms with van der Waals surface area (Å²) in [6.45, 7) is 1.75. The first-order chi connectivity index (χ1) is 8.65. The van der Waals surface area contributed by atoms with Gasteiger partial charge < -0.3 is 14.6 Å². The molecule has 96 valence electrons. The van der Waals surface area contributed by atoms with Crippen molar-refractivity contribution < 1.29 is 14.6 Å². The molecule has 0 saturated heterocycles. The largest absolute Gasteiger partial charge is 0.497 e. The fourth-order valence-corrected chi connectivity index (χ4v) is 1.75. The quantitative estimate of drug-likeness (QED) is 0.899.